The molecule has 2 aromatic rings. The van der Waals surface area contributed by atoms with Crippen LogP contribution in [0.15, 0.2) is 36.4 Å². The van der Waals surface area contributed by atoms with Crippen LogP contribution in [0.5, 0.6) is 11.5 Å². The fraction of sp³-hybridized carbons (Fsp3) is 0.650. The summed E-state index contributed by atoms with van der Waals surface area (Å²) in [6.45, 7) is 5.53. The summed E-state index contributed by atoms with van der Waals surface area (Å²) in [5, 5.41) is 32.5. The van der Waals surface area contributed by atoms with E-state index in [-0.39, 0.29) is 12.1 Å². The molecule has 0 saturated carbocycles. The Kier molecular flexibility index (Phi) is 13.8. The van der Waals surface area contributed by atoms with Crippen molar-refractivity contribution in [1.29, 1.82) is 0 Å². The number of sulfonamides is 2. The molecule has 6 heterocycles. The molecule has 0 aliphatic carbocycles. The SMILES string of the molecule is COc1ccc2c(c1)CCN1C[C@H]3CCCN(S(C)(=O)=O)[C@H]3C[C@@H]21.COc1ccc2c(c1)CCN1C[C@H]3CCCN(S(C)(=O)=O)[C@H]3C[C@@H]21.O=C(O)C(O)C(O)C(=O)O. The third kappa shape index (κ3) is 9.65. The van der Waals surface area contributed by atoms with Gasteiger partial charge in [-0.2, -0.15) is 8.61 Å². The number of ether oxygens (including phenoxy) is 2. The van der Waals surface area contributed by atoms with Crippen molar-refractivity contribution >= 4 is 32.0 Å². The second kappa shape index (κ2) is 18.1. The number of aliphatic carboxylic acids is 2. The Morgan fingerprint density at radius 1 is 0.655 bits per heavy atom. The van der Waals surface area contributed by atoms with Gasteiger partial charge in [-0.1, -0.05) is 12.1 Å². The molecule has 6 aliphatic rings. The van der Waals surface area contributed by atoms with Crippen LogP contribution in [0, 0.1) is 11.8 Å². The number of aliphatic hydroxyl groups excluding tert-OH is 2. The Bertz CT molecular complexity index is 1890. The van der Waals surface area contributed by atoms with Crippen LogP contribution >= 0.6 is 0 Å². The molecule has 0 amide bonds. The molecule has 0 bridgehead atoms. The Morgan fingerprint density at radius 2 is 1.03 bits per heavy atom. The van der Waals surface area contributed by atoms with Crippen molar-refractivity contribution in [2.75, 3.05) is 66.0 Å². The summed E-state index contributed by atoms with van der Waals surface area (Å²) in [7, 11) is -2.85. The highest BCUT2D eigenvalue weighted by Crippen LogP contribution is 2.45. The van der Waals surface area contributed by atoms with Gasteiger partial charge in [0.1, 0.15) is 11.5 Å². The lowest BCUT2D eigenvalue weighted by molar-refractivity contribution is -0.165. The molecule has 6 aliphatic heterocycles. The van der Waals surface area contributed by atoms with E-state index in [0.717, 1.165) is 89.0 Å². The topological polar surface area (TPSA) is 215 Å². The summed E-state index contributed by atoms with van der Waals surface area (Å²) in [5.74, 6) is -0.767. The van der Waals surface area contributed by atoms with Crippen molar-refractivity contribution in [2.45, 2.75) is 87.7 Å². The van der Waals surface area contributed by atoms with Gasteiger partial charge < -0.3 is 29.9 Å². The second-order valence-electron chi connectivity index (χ2n) is 16.4. The molecule has 4 saturated heterocycles. The van der Waals surface area contributed by atoms with E-state index in [0.29, 0.717) is 37.0 Å². The molecular weight excluding hydrogens is 793 g/mol. The first-order valence-corrected chi connectivity index (χ1v) is 23.7. The highest BCUT2D eigenvalue weighted by molar-refractivity contribution is 7.88. The van der Waals surface area contributed by atoms with Crippen molar-refractivity contribution in [2.24, 2.45) is 11.8 Å². The molecule has 18 heteroatoms. The van der Waals surface area contributed by atoms with E-state index in [9.17, 15) is 26.4 Å². The third-order valence-corrected chi connectivity index (χ3v) is 15.5. The van der Waals surface area contributed by atoms with Crippen LogP contribution in [-0.2, 0) is 42.5 Å². The van der Waals surface area contributed by atoms with Crippen molar-refractivity contribution in [3.8, 4) is 11.5 Å². The first-order valence-electron chi connectivity index (χ1n) is 20.0. The van der Waals surface area contributed by atoms with Gasteiger partial charge in [-0.05, 0) is 110 Å². The molecule has 4 fully saturated rings. The minimum atomic E-state index is -3.13. The zero-order valence-electron chi connectivity index (χ0n) is 33.6. The van der Waals surface area contributed by atoms with Gasteiger partial charge in [-0.25, -0.2) is 26.4 Å². The smallest absolute Gasteiger partial charge is 0.335 e. The van der Waals surface area contributed by atoms with Gasteiger partial charge in [0.15, 0.2) is 12.2 Å². The molecule has 0 spiro atoms. The lowest BCUT2D eigenvalue weighted by Gasteiger charge is -2.51. The largest absolute Gasteiger partial charge is 0.497 e. The average molecular weight is 851 g/mol. The second-order valence-corrected chi connectivity index (χ2v) is 20.2. The normalized spacial score (nSPS) is 28.4. The number of nitrogens with zero attached hydrogens (tertiary/aromatic N) is 4. The minimum Gasteiger partial charge on any atom is -0.497 e. The molecule has 322 valence electrons. The highest BCUT2D eigenvalue weighted by Gasteiger charge is 2.46. The number of fused-ring (bicyclic) bond motifs is 8. The van der Waals surface area contributed by atoms with Crippen LogP contribution in [0.3, 0.4) is 0 Å². The van der Waals surface area contributed by atoms with Crippen LogP contribution in [0.2, 0.25) is 0 Å². The van der Waals surface area contributed by atoms with E-state index < -0.39 is 44.2 Å². The molecule has 0 aromatic heterocycles. The maximum atomic E-state index is 12.2. The van der Waals surface area contributed by atoms with Crippen LogP contribution in [0.4, 0.5) is 0 Å². The van der Waals surface area contributed by atoms with Gasteiger partial charge in [-0.3, -0.25) is 9.80 Å². The van der Waals surface area contributed by atoms with Gasteiger partial charge in [0.25, 0.3) is 0 Å². The van der Waals surface area contributed by atoms with E-state index in [1.807, 2.05) is 12.1 Å². The van der Waals surface area contributed by atoms with Crippen LogP contribution in [-0.4, -0.2) is 158 Å². The van der Waals surface area contributed by atoms with E-state index in [1.54, 1.807) is 22.8 Å². The number of carboxylic acids is 2. The lowest BCUT2D eigenvalue weighted by Crippen LogP contribution is -2.57. The Hall–Kier alpha value is -3.36. The number of piperidine rings is 4. The lowest BCUT2D eigenvalue weighted by atomic mass is 9.77. The molecule has 58 heavy (non-hydrogen) atoms. The van der Waals surface area contributed by atoms with Crippen molar-refractivity contribution < 1.29 is 56.3 Å². The number of hydrogen-bond donors (Lipinski definition) is 4. The molecule has 2 unspecified atom stereocenters. The fourth-order valence-corrected chi connectivity index (χ4v) is 12.6. The number of methoxy groups -OCH3 is 2. The molecule has 8 rings (SSSR count). The molecule has 4 N–H and O–H groups in total. The Labute approximate surface area is 341 Å². The number of carboxylic acid groups (broad SMARTS) is 2. The molecule has 8 atom stereocenters. The number of hydrogen-bond acceptors (Lipinski definition) is 12. The molecule has 2 aromatic carbocycles. The maximum absolute atomic E-state index is 12.2. The van der Waals surface area contributed by atoms with E-state index in [4.69, 9.17) is 29.9 Å². The predicted octanol–water partition coefficient (Wildman–Crippen LogP) is 1.95. The number of benzene rings is 2. The van der Waals surface area contributed by atoms with Crippen molar-refractivity contribution in [1.82, 2.24) is 18.4 Å². The molecular formula is C40H58N4O12S2. The molecule has 16 nitrogen and oxygen atoms in total. The first-order chi connectivity index (χ1) is 27.4. The van der Waals surface area contributed by atoms with E-state index in [1.165, 1.54) is 34.8 Å². The van der Waals surface area contributed by atoms with Gasteiger partial charge in [0.2, 0.25) is 20.0 Å². The van der Waals surface area contributed by atoms with E-state index in [2.05, 4.69) is 34.1 Å². The third-order valence-electron chi connectivity index (χ3n) is 12.9. The Morgan fingerprint density at radius 3 is 1.36 bits per heavy atom. The summed E-state index contributed by atoms with van der Waals surface area (Å²) in [5.41, 5.74) is 5.44. The molecule has 0 radical (unpaired) electrons. The first kappa shape index (κ1) is 44.2. The van der Waals surface area contributed by atoms with Crippen molar-refractivity contribution in [3.05, 3.63) is 58.7 Å². The summed E-state index contributed by atoms with van der Waals surface area (Å²) < 4.78 is 63.2. The monoisotopic (exact) mass is 850 g/mol. The zero-order valence-corrected chi connectivity index (χ0v) is 35.3. The van der Waals surface area contributed by atoms with Crippen LogP contribution < -0.4 is 9.47 Å². The van der Waals surface area contributed by atoms with Gasteiger partial charge >= 0.3 is 11.9 Å². The fourth-order valence-electron chi connectivity index (χ4n) is 10.1. The zero-order chi connectivity index (χ0) is 42.1. The van der Waals surface area contributed by atoms with Crippen LogP contribution in [0.1, 0.15) is 72.9 Å². The number of aliphatic hydroxyl groups is 2. The summed E-state index contributed by atoms with van der Waals surface area (Å²) >= 11 is 0. The number of carbonyl (C=O) groups is 2. The average Bonchev–Trinajstić information content (AvgIpc) is 3.20. The quantitative estimate of drug-likeness (QED) is 0.314. The highest BCUT2D eigenvalue weighted by atomic mass is 32.2. The van der Waals surface area contributed by atoms with Crippen LogP contribution in [0.25, 0.3) is 0 Å². The van der Waals surface area contributed by atoms with Gasteiger partial charge in [-0.15, -0.1) is 0 Å². The van der Waals surface area contributed by atoms with Gasteiger partial charge in [0.05, 0.1) is 26.7 Å². The number of rotatable bonds is 7. The van der Waals surface area contributed by atoms with E-state index >= 15 is 0 Å². The van der Waals surface area contributed by atoms with Gasteiger partial charge in [0, 0.05) is 63.4 Å². The summed E-state index contributed by atoms with van der Waals surface area (Å²) in [6, 6.07) is 13.7. The standard InChI is InChI=1S/2C18H26N2O3S.C4H6O6/c2*1-23-15-5-6-16-13(10-15)7-9-19-12-14-4-3-8-20(24(2,21)22)17(14)11-18(16)19;5-1(3(7)8)2(6)4(9)10/h2*5-6,10,14,17-18H,3-4,7-9,11-12H2,1-2H3;1-2,5-6H,(H,7,8)(H,9,10)/t2*14-,17+,18+;/m11./s1. The van der Waals surface area contributed by atoms with Crippen molar-refractivity contribution in [3.63, 3.8) is 0 Å². The Balaban J connectivity index is 0.000000160. The summed E-state index contributed by atoms with van der Waals surface area (Å²) in [6.07, 6.45) is 6.39. The predicted molar refractivity (Wildman–Crippen MR) is 215 cm³/mol. The summed E-state index contributed by atoms with van der Waals surface area (Å²) in [4.78, 5) is 24.7. The maximum Gasteiger partial charge on any atom is 0.335 e. The minimum absolute atomic E-state index is 0.156.